The van der Waals surface area contributed by atoms with Crippen LogP contribution in [-0.4, -0.2) is 52.3 Å². The molecule has 33 heavy (non-hydrogen) atoms. The molecule has 2 saturated heterocycles. The lowest BCUT2D eigenvalue weighted by Gasteiger charge is -2.33. The van der Waals surface area contributed by atoms with Crippen molar-refractivity contribution in [3.05, 3.63) is 51.2 Å². The number of aryl methyl sites for hydroxylation is 1. The van der Waals surface area contributed by atoms with Crippen molar-refractivity contribution < 1.29 is 14.4 Å². The quantitative estimate of drug-likeness (QED) is 0.578. The first kappa shape index (κ1) is 20.8. The molecular weight excluding hydrogens is 456 g/mol. The topological polar surface area (TPSA) is 82.6 Å². The Balaban J connectivity index is 1.18. The smallest absolute Gasteiger partial charge is 0.325 e. The number of nitrogens with zero attached hydrogens (tertiary/aromatic N) is 3. The van der Waals surface area contributed by atoms with Crippen LogP contribution in [0.15, 0.2) is 35.7 Å². The van der Waals surface area contributed by atoms with Crippen LogP contribution in [0.1, 0.15) is 47.0 Å². The molecule has 6 rings (SSSR count). The number of carbonyl (C=O) groups excluding carboxylic acids is 3. The molecule has 7 nitrogen and oxygen atoms in total. The summed E-state index contributed by atoms with van der Waals surface area (Å²) in [6, 6.07) is 9.55. The SMILES string of the molecule is O=C(CN1C(=O)N[C@]2(CCCc3sccc32)C1=O)N1CCC[C@@H](c2nc3ccccc3s2)C1. The number of para-hydroxylation sites is 1. The summed E-state index contributed by atoms with van der Waals surface area (Å²) in [4.78, 5) is 48.3. The van der Waals surface area contributed by atoms with Crippen LogP contribution >= 0.6 is 22.7 Å². The molecule has 4 amide bonds. The van der Waals surface area contributed by atoms with Crippen molar-refractivity contribution >= 4 is 50.7 Å². The van der Waals surface area contributed by atoms with E-state index in [0.717, 1.165) is 56.2 Å². The Morgan fingerprint density at radius 3 is 2.97 bits per heavy atom. The minimum absolute atomic E-state index is 0.178. The minimum Gasteiger partial charge on any atom is -0.340 e. The predicted molar refractivity (Wildman–Crippen MR) is 127 cm³/mol. The Morgan fingerprint density at radius 2 is 2.09 bits per heavy atom. The average molecular weight is 481 g/mol. The number of thiophene rings is 1. The standard InChI is InChI=1S/C24H24N4O3S2/c29-20(27-11-4-5-15(13-27)21-25-17-6-1-2-7-19(17)33-21)14-28-22(30)24(26-23(28)31)10-3-8-18-16(24)9-12-32-18/h1-2,6-7,9,12,15H,3-5,8,10-11,13-14H2,(H,26,31)/t15-,24+/m1/s1. The number of amides is 4. The Labute approximate surface area is 199 Å². The lowest BCUT2D eigenvalue weighted by Crippen LogP contribution is -2.48. The molecule has 0 unspecified atom stereocenters. The fraction of sp³-hybridized carbons (Fsp3) is 0.417. The third-order valence-electron chi connectivity index (χ3n) is 7.06. The molecule has 4 heterocycles. The molecule has 1 N–H and O–H groups in total. The van der Waals surface area contributed by atoms with Crippen LogP contribution in [-0.2, 0) is 21.5 Å². The van der Waals surface area contributed by atoms with Crippen LogP contribution in [0.2, 0.25) is 0 Å². The van der Waals surface area contributed by atoms with Gasteiger partial charge in [-0.05, 0) is 55.7 Å². The van der Waals surface area contributed by atoms with Gasteiger partial charge in [-0.3, -0.25) is 14.5 Å². The molecule has 9 heteroatoms. The van der Waals surface area contributed by atoms with Crippen LogP contribution in [0.3, 0.4) is 0 Å². The third kappa shape index (κ3) is 3.36. The fourth-order valence-corrected chi connectivity index (χ4v) is 7.48. The van der Waals surface area contributed by atoms with Gasteiger partial charge in [-0.1, -0.05) is 12.1 Å². The highest BCUT2D eigenvalue weighted by Gasteiger charge is 2.54. The second-order valence-electron chi connectivity index (χ2n) is 9.04. The Kier molecular flexibility index (Phi) is 4.99. The van der Waals surface area contributed by atoms with Crippen LogP contribution < -0.4 is 5.32 Å². The minimum atomic E-state index is -1.00. The highest BCUT2D eigenvalue weighted by atomic mass is 32.1. The maximum absolute atomic E-state index is 13.4. The number of rotatable bonds is 3. The van der Waals surface area contributed by atoms with Crippen LogP contribution in [0.5, 0.6) is 0 Å². The number of aromatic nitrogens is 1. The first-order valence-electron chi connectivity index (χ1n) is 11.4. The number of piperidine rings is 1. The normalized spacial score (nSPS) is 25.0. The second-order valence-corrected chi connectivity index (χ2v) is 11.1. The summed E-state index contributed by atoms with van der Waals surface area (Å²) in [6.07, 6.45) is 4.22. The average Bonchev–Trinajstić information content (AvgIpc) is 3.54. The van der Waals surface area contributed by atoms with E-state index >= 15 is 0 Å². The summed E-state index contributed by atoms with van der Waals surface area (Å²) in [5.74, 6) is -0.288. The third-order valence-corrected chi connectivity index (χ3v) is 9.24. The molecule has 1 spiro atoms. The van der Waals surface area contributed by atoms with Gasteiger partial charge in [-0.25, -0.2) is 9.78 Å². The summed E-state index contributed by atoms with van der Waals surface area (Å²) in [6.45, 7) is 1.00. The molecule has 2 atom stereocenters. The number of imide groups is 1. The van der Waals surface area contributed by atoms with Crippen LogP contribution in [0.4, 0.5) is 4.79 Å². The Bertz CT molecular complexity index is 1230. The number of thiazole rings is 1. The van der Waals surface area contributed by atoms with Crippen molar-refractivity contribution in [3.8, 4) is 0 Å². The Morgan fingerprint density at radius 1 is 1.21 bits per heavy atom. The van der Waals surface area contributed by atoms with Crippen molar-refractivity contribution in [1.29, 1.82) is 0 Å². The van der Waals surface area contributed by atoms with E-state index in [2.05, 4.69) is 11.4 Å². The molecular formula is C24H24N4O3S2. The zero-order valence-electron chi connectivity index (χ0n) is 18.1. The van der Waals surface area contributed by atoms with E-state index in [1.807, 2.05) is 29.6 Å². The monoisotopic (exact) mass is 480 g/mol. The van der Waals surface area contributed by atoms with Crippen molar-refractivity contribution in [2.45, 2.75) is 43.6 Å². The van der Waals surface area contributed by atoms with Gasteiger partial charge >= 0.3 is 6.03 Å². The van der Waals surface area contributed by atoms with E-state index < -0.39 is 11.6 Å². The van der Waals surface area contributed by atoms with Gasteiger partial charge in [-0.2, -0.15) is 0 Å². The molecule has 2 fully saturated rings. The number of urea groups is 1. The first-order valence-corrected chi connectivity index (χ1v) is 13.1. The molecule has 2 aliphatic heterocycles. The molecule has 3 aliphatic rings. The van der Waals surface area contributed by atoms with E-state index in [9.17, 15) is 14.4 Å². The number of hydrogen-bond acceptors (Lipinski definition) is 6. The molecule has 170 valence electrons. The van der Waals surface area contributed by atoms with E-state index in [1.54, 1.807) is 27.6 Å². The van der Waals surface area contributed by atoms with Gasteiger partial charge in [0.2, 0.25) is 5.91 Å². The molecule has 2 aromatic heterocycles. The zero-order valence-corrected chi connectivity index (χ0v) is 19.7. The number of nitrogens with one attached hydrogen (secondary N) is 1. The van der Waals surface area contributed by atoms with Gasteiger partial charge in [0.25, 0.3) is 5.91 Å². The van der Waals surface area contributed by atoms with Gasteiger partial charge in [0.05, 0.1) is 15.2 Å². The summed E-state index contributed by atoms with van der Waals surface area (Å²) in [5.41, 5.74) is 0.892. The number of likely N-dealkylation sites (tertiary alicyclic amines) is 1. The van der Waals surface area contributed by atoms with E-state index in [-0.39, 0.29) is 24.3 Å². The maximum Gasteiger partial charge on any atom is 0.325 e. The van der Waals surface area contributed by atoms with E-state index in [0.29, 0.717) is 19.5 Å². The summed E-state index contributed by atoms with van der Waals surface area (Å²) >= 11 is 3.31. The van der Waals surface area contributed by atoms with Crippen molar-refractivity contribution in [2.75, 3.05) is 19.6 Å². The molecule has 1 aromatic carbocycles. The number of hydrogen-bond donors (Lipinski definition) is 1. The van der Waals surface area contributed by atoms with Gasteiger partial charge < -0.3 is 10.2 Å². The van der Waals surface area contributed by atoms with E-state index in [4.69, 9.17) is 4.98 Å². The summed E-state index contributed by atoms with van der Waals surface area (Å²) < 4.78 is 1.15. The lowest BCUT2D eigenvalue weighted by molar-refractivity contribution is -0.140. The molecule has 0 radical (unpaired) electrons. The van der Waals surface area contributed by atoms with Crippen LogP contribution in [0.25, 0.3) is 10.2 Å². The van der Waals surface area contributed by atoms with E-state index in [1.165, 1.54) is 0 Å². The molecule has 3 aromatic rings. The van der Waals surface area contributed by atoms with Gasteiger partial charge in [0.15, 0.2) is 0 Å². The first-order chi connectivity index (χ1) is 16.0. The molecule has 0 saturated carbocycles. The van der Waals surface area contributed by atoms with Crippen molar-refractivity contribution in [3.63, 3.8) is 0 Å². The largest absolute Gasteiger partial charge is 0.340 e. The van der Waals surface area contributed by atoms with Crippen molar-refractivity contribution in [1.82, 2.24) is 20.1 Å². The number of benzene rings is 1. The lowest BCUT2D eigenvalue weighted by atomic mass is 9.80. The van der Waals surface area contributed by atoms with Gasteiger partial charge in [0.1, 0.15) is 12.1 Å². The molecule has 0 bridgehead atoms. The van der Waals surface area contributed by atoms with Crippen molar-refractivity contribution in [2.24, 2.45) is 0 Å². The second kappa shape index (κ2) is 7.92. The fourth-order valence-electron chi connectivity index (χ4n) is 5.39. The number of carbonyl (C=O) groups is 3. The van der Waals surface area contributed by atoms with Crippen LogP contribution in [0, 0.1) is 0 Å². The van der Waals surface area contributed by atoms with Gasteiger partial charge in [0, 0.05) is 29.4 Å². The predicted octanol–water partition coefficient (Wildman–Crippen LogP) is 3.85. The molecule has 1 aliphatic carbocycles. The Hall–Kier alpha value is -2.78. The highest BCUT2D eigenvalue weighted by molar-refractivity contribution is 7.18. The van der Waals surface area contributed by atoms with Gasteiger partial charge in [-0.15, -0.1) is 22.7 Å². The zero-order chi connectivity index (χ0) is 22.6. The highest BCUT2D eigenvalue weighted by Crippen LogP contribution is 2.42. The maximum atomic E-state index is 13.4. The summed E-state index contributed by atoms with van der Waals surface area (Å²) in [5, 5.41) is 5.96. The number of fused-ring (bicyclic) bond motifs is 3. The summed E-state index contributed by atoms with van der Waals surface area (Å²) in [7, 11) is 0.